The zero-order chi connectivity index (χ0) is 18.4. The molecule has 0 aliphatic carbocycles. The van der Waals surface area contributed by atoms with Crippen molar-refractivity contribution in [3.63, 3.8) is 0 Å². The number of imidazole rings is 1. The van der Waals surface area contributed by atoms with Gasteiger partial charge in [-0.25, -0.2) is 9.98 Å². The molecule has 5 heterocycles. The van der Waals surface area contributed by atoms with Crippen LogP contribution in [-0.2, 0) is 0 Å². The molecule has 138 valence electrons. The van der Waals surface area contributed by atoms with E-state index in [0.717, 1.165) is 48.9 Å². The number of aliphatic imine (C=N–C) groups is 1. The van der Waals surface area contributed by atoms with E-state index in [0.29, 0.717) is 11.5 Å². The number of rotatable bonds is 2. The molecular weight excluding hydrogens is 342 g/mol. The lowest BCUT2D eigenvalue weighted by atomic mass is 10.1. The number of aromatic nitrogens is 3. The summed E-state index contributed by atoms with van der Waals surface area (Å²) in [4.78, 5) is 17.7. The first kappa shape index (κ1) is 16.2. The summed E-state index contributed by atoms with van der Waals surface area (Å²) in [6.07, 6.45) is 12.5. The fourth-order valence-corrected chi connectivity index (χ4v) is 3.56. The van der Waals surface area contributed by atoms with Crippen LogP contribution in [0.25, 0.3) is 11.3 Å². The number of nitrogens with one attached hydrogen (secondary N) is 1. The summed E-state index contributed by atoms with van der Waals surface area (Å²) in [5.41, 5.74) is 4.16. The van der Waals surface area contributed by atoms with Crippen LogP contribution in [0.3, 0.4) is 0 Å². The van der Waals surface area contributed by atoms with Crippen molar-refractivity contribution in [2.45, 2.75) is 13.2 Å². The molecule has 0 radical (unpaired) electrons. The monoisotopic (exact) mass is 363 g/mol. The molecule has 0 spiro atoms. The third kappa shape index (κ3) is 2.92. The van der Waals surface area contributed by atoms with Crippen LogP contribution in [0.1, 0.15) is 11.4 Å². The highest BCUT2D eigenvalue weighted by Crippen LogP contribution is 2.26. The number of allylic oxidation sites excluding steroid dienone is 1. The van der Waals surface area contributed by atoms with Gasteiger partial charge in [0.2, 0.25) is 0 Å². The maximum absolute atomic E-state index is 10.7. The van der Waals surface area contributed by atoms with Crippen molar-refractivity contribution in [3.05, 3.63) is 60.1 Å². The Labute approximate surface area is 156 Å². The third-order valence-corrected chi connectivity index (χ3v) is 4.98. The number of aryl methyl sites for hydroxylation is 1. The van der Waals surface area contributed by atoms with Crippen molar-refractivity contribution in [2.24, 2.45) is 4.99 Å². The average molecular weight is 363 g/mol. The number of nitrogens with zero attached hydrogens (tertiary/aromatic N) is 6. The fraction of sp³-hybridized carbons (Fsp3) is 0.316. The minimum absolute atomic E-state index is 0.666. The zero-order valence-corrected chi connectivity index (χ0v) is 15.1. The first-order valence-electron chi connectivity index (χ1n) is 9.12. The van der Waals surface area contributed by atoms with Crippen LogP contribution in [0, 0.1) is 6.92 Å². The normalized spacial score (nSPS) is 22.4. The highest BCUT2D eigenvalue weighted by atomic mass is 16.3. The molecular formula is C19H21N7O. The van der Waals surface area contributed by atoms with Crippen LogP contribution >= 0.6 is 0 Å². The highest BCUT2D eigenvalue weighted by molar-refractivity contribution is 6.00. The van der Waals surface area contributed by atoms with E-state index < -0.39 is 6.23 Å². The molecule has 2 aromatic rings. The summed E-state index contributed by atoms with van der Waals surface area (Å²) < 4.78 is 1.93. The van der Waals surface area contributed by atoms with Crippen LogP contribution in [-0.4, -0.2) is 67.5 Å². The molecule has 0 saturated carbocycles. The lowest BCUT2D eigenvalue weighted by molar-refractivity contribution is 0.124. The van der Waals surface area contributed by atoms with E-state index in [-0.39, 0.29) is 0 Å². The van der Waals surface area contributed by atoms with E-state index >= 15 is 0 Å². The number of fused-ring (bicyclic) bond motifs is 2. The molecule has 2 N–H and O–H groups in total. The molecule has 1 atom stereocenters. The van der Waals surface area contributed by atoms with Gasteiger partial charge < -0.3 is 24.6 Å². The Balaban J connectivity index is 1.44. The van der Waals surface area contributed by atoms with Gasteiger partial charge in [-0.1, -0.05) is 0 Å². The van der Waals surface area contributed by atoms with Crippen molar-refractivity contribution in [1.29, 1.82) is 0 Å². The summed E-state index contributed by atoms with van der Waals surface area (Å²) in [7, 11) is 0. The van der Waals surface area contributed by atoms with Crippen LogP contribution < -0.4 is 5.32 Å². The molecule has 1 unspecified atom stereocenters. The molecule has 5 rings (SSSR count). The van der Waals surface area contributed by atoms with E-state index in [1.165, 1.54) is 0 Å². The fourth-order valence-electron chi connectivity index (χ4n) is 3.56. The van der Waals surface area contributed by atoms with E-state index in [2.05, 4.69) is 26.3 Å². The Morgan fingerprint density at radius 2 is 2.04 bits per heavy atom. The quantitative estimate of drug-likeness (QED) is 0.819. The largest absolute Gasteiger partial charge is 0.369 e. The molecule has 3 aliphatic heterocycles. The van der Waals surface area contributed by atoms with E-state index in [1.54, 1.807) is 17.2 Å². The predicted molar refractivity (Wildman–Crippen MR) is 103 cm³/mol. The summed E-state index contributed by atoms with van der Waals surface area (Å²) in [6, 6.07) is 0. The van der Waals surface area contributed by atoms with Crippen molar-refractivity contribution >= 4 is 17.2 Å². The van der Waals surface area contributed by atoms with E-state index in [1.807, 2.05) is 36.0 Å². The molecule has 0 aromatic carbocycles. The van der Waals surface area contributed by atoms with Crippen molar-refractivity contribution in [1.82, 2.24) is 29.5 Å². The van der Waals surface area contributed by atoms with Gasteiger partial charge in [0.05, 0.1) is 23.3 Å². The minimum Gasteiger partial charge on any atom is -0.369 e. The van der Waals surface area contributed by atoms with Crippen molar-refractivity contribution in [2.75, 3.05) is 26.2 Å². The number of piperazine rings is 1. The second kappa shape index (κ2) is 6.33. The molecule has 1 saturated heterocycles. The Morgan fingerprint density at radius 1 is 1.19 bits per heavy atom. The van der Waals surface area contributed by atoms with E-state index in [9.17, 15) is 5.11 Å². The number of amidine groups is 1. The first-order chi connectivity index (χ1) is 13.2. The summed E-state index contributed by atoms with van der Waals surface area (Å²) in [5.74, 6) is 0.713. The smallest absolute Gasteiger partial charge is 0.156 e. The lowest BCUT2D eigenvalue weighted by Gasteiger charge is -2.36. The standard InChI is InChI=1S/C19H21N7O/c1-13-10-25-12-16(23-18(25)9-21-13)15-8-19(27)26-11-14(2-3-17(26)22-15)24-6-4-20-5-7-24/h2-3,8-12,19-20,27H,4-7H2,1H3. The number of hydrogen-bond acceptors (Lipinski definition) is 7. The molecule has 1 fully saturated rings. The molecule has 8 heteroatoms. The molecule has 0 amide bonds. The topological polar surface area (TPSA) is 81.3 Å². The van der Waals surface area contributed by atoms with Gasteiger partial charge in [-0.2, -0.15) is 0 Å². The summed E-state index contributed by atoms with van der Waals surface area (Å²) in [6.45, 7) is 5.81. The molecule has 2 aromatic heterocycles. The predicted octanol–water partition coefficient (Wildman–Crippen LogP) is 0.728. The Kier molecular flexibility index (Phi) is 3.80. The van der Waals surface area contributed by atoms with Gasteiger partial charge in [-0.15, -0.1) is 0 Å². The van der Waals surface area contributed by atoms with Crippen LogP contribution in [0.2, 0.25) is 0 Å². The Bertz CT molecular complexity index is 1010. The van der Waals surface area contributed by atoms with Gasteiger partial charge in [0, 0.05) is 44.8 Å². The maximum atomic E-state index is 10.7. The van der Waals surface area contributed by atoms with Gasteiger partial charge in [-0.3, -0.25) is 4.98 Å². The minimum atomic E-state index is -0.778. The van der Waals surface area contributed by atoms with Crippen LogP contribution in [0.15, 0.2) is 53.7 Å². The third-order valence-electron chi connectivity index (χ3n) is 4.98. The second-order valence-electron chi connectivity index (χ2n) is 6.89. The average Bonchev–Trinajstić information content (AvgIpc) is 3.11. The van der Waals surface area contributed by atoms with Gasteiger partial charge in [0.15, 0.2) is 11.9 Å². The lowest BCUT2D eigenvalue weighted by Crippen LogP contribution is -2.45. The van der Waals surface area contributed by atoms with Crippen molar-refractivity contribution in [3.8, 4) is 0 Å². The first-order valence-corrected chi connectivity index (χ1v) is 9.12. The molecule has 8 nitrogen and oxygen atoms in total. The summed E-state index contributed by atoms with van der Waals surface area (Å²) in [5, 5.41) is 14.0. The molecule has 27 heavy (non-hydrogen) atoms. The van der Waals surface area contributed by atoms with Gasteiger partial charge in [0.1, 0.15) is 11.5 Å². The molecule has 3 aliphatic rings. The molecule has 0 bridgehead atoms. The number of aliphatic hydroxyl groups is 1. The van der Waals surface area contributed by atoms with Crippen molar-refractivity contribution < 1.29 is 5.11 Å². The van der Waals surface area contributed by atoms with Gasteiger partial charge in [-0.05, 0) is 25.2 Å². The zero-order valence-electron chi connectivity index (χ0n) is 15.1. The number of hydrogen-bond donors (Lipinski definition) is 2. The Hall–Kier alpha value is -2.97. The second-order valence-corrected chi connectivity index (χ2v) is 6.89. The highest BCUT2D eigenvalue weighted by Gasteiger charge is 2.26. The maximum Gasteiger partial charge on any atom is 0.156 e. The van der Waals surface area contributed by atoms with E-state index in [4.69, 9.17) is 4.99 Å². The Morgan fingerprint density at radius 3 is 2.89 bits per heavy atom. The van der Waals surface area contributed by atoms with Gasteiger partial charge >= 0.3 is 0 Å². The SMILES string of the molecule is Cc1cn2cc(C3=CC(O)N4C=C(N5CCNCC5)C=CC4=N3)nc2cn1. The number of aliphatic hydroxyl groups excluding tert-OH is 1. The van der Waals surface area contributed by atoms with Crippen LogP contribution in [0.5, 0.6) is 0 Å². The van der Waals surface area contributed by atoms with Gasteiger partial charge in [0.25, 0.3) is 0 Å². The van der Waals surface area contributed by atoms with Crippen LogP contribution in [0.4, 0.5) is 0 Å². The summed E-state index contributed by atoms with van der Waals surface area (Å²) >= 11 is 0.